The van der Waals surface area contributed by atoms with Gasteiger partial charge in [-0.25, -0.2) is 4.98 Å². The van der Waals surface area contributed by atoms with Gasteiger partial charge in [0.05, 0.1) is 12.8 Å². The molecule has 0 radical (unpaired) electrons. The first-order valence-corrected chi connectivity index (χ1v) is 4.88. The normalized spacial score (nSPS) is 10.3. The first kappa shape index (κ1) is 9.77. The Hall–Kier alpha value is -1.77. The number of nitrogens with zero attached hydrogens (tertiary/aromatic N) is 1. The van der Waals surface area contributed by atoms with E-state index in [-0.39, 0.29) is 0 Å². The van der Waals surface area contributed by atoms with Crippen molar-refractivity contribution < 1.29 is 4.74 Å². The number of benzene rings is 1. The predicted octanol–water partition coefficient (Wildman–Crippen LogP) is 2.70. The van der Waals surface area contributed by atoms with Crippen molar-refractivity contribution in [3.05, 3.63) is 35.8 Å². The van der Waals surface area contributed by atoms with Gasteiger partial charge in [-0.15, -0.1) is 0 Å². The van der Waals surface area contributed by atoms with E-state index < -0.39 is 0 Å². The maximum absolute atomic E-state index is 5.19. The van der Waals surface area contributed by atoms with Gasteiger partial charge in [0.15, 0.2) is 0 Å². The predicted molar refractivity (Wildman–Crippen MR) is 60.0 cm³/mol. The number of aryl methyl sites for hydroxylation is 2. The largest absolute Gasteiger partial charge is 0.497 e. The molecule has 0 unspecified atom stereocenters. The fourth-order valence-electron chi connectivity index (χ4n) is 1.66. The summed E-state index contributed by atoms with van der Waals surface area (Å²) in [6.07, 6.45) is 0. The zero-order valence-electron chi connectivity index (χ0n) is 9.16. The number of hydrogen-bond acceptors (Lipinski definition) is 2. The van der Waals surface area contributed by atoms with Crippen molar-refractivity contribution in [3.8, 4) is 17.0 Å². The van der Waals surface area contributed by atoms with Crippen LogP contribution in [0, 0.1) is 13.8 Å². The highest BCUT2D eigenvalue weighted by atomic mass is 16.5. The number of hydrogen-bond donors (Lipinski definition) is 1. The average Bonchev–Trinajstić information content (AvgIpc) is 2.58. The van der Waals surface area contributed by atoms with Crippen LogP contribution < -0.4 is 4.74 Å². The molecule has 78 valence electrons. The molecule has 0 atom stereocenters. The molecule has 1 heterocycles. The summed E-state index contributed by atoms with van der Waals surface area (Å²) in [4.78, 5) is 7.64. The van der Waals surface area contributed by atoms with E-state index in [1.165, 1.54) is 0 Å². The highest BCUT2D eigenvalue weighted by molar-refractivity contribution is 5.63. The number of methoxy groups -OCH3 is 1. The number of rotatable bonds is 2. The van der Waals surface area contributed by atoms with Gasteiger partial charge in [-0.2, -0.15) is 0 Å². The lowest BCUT2D eigenvalue weighted by Crippen LogP contribution is -1.85. The lowest BCUT2D eigenvalue weighted by Gasteiger charge is -2.02. The molecule has 0 aliphatic heterocycles. The molecule has 1 aromatic carbocycles. The van der Waals surface area contributed by atoms with Gasteiger partial charge in [0.2, 0.25) is 0 Å². The van der Waals surface area contributed by atoms with Crippen LogP contribution in [0.15, 0.2) is 24.3 Å². The molecule has 1 aromatic heterocycles. The van der Waals surface area contributed by atoms with E-state index in [0.717, 1.165) is 28.5 Å². The van der Waals surface area contributed by atoms with Crippen LogP contribution >= 0.6 is 0 Å². The maximum atomic E-state index is 5.19. The first-order chi connectivity index (χ1) is 7.20. The van der Waals surface area contributed by atoms with Gasteiger partial charge in [-0.3, -0.25) is 0 Å². The zero-order valence-corrected chi connectivity index (χ0v) is 9.16. The quantitative estimate of drug-likeness (QED) is 0.813. The minimum absolute atomic E-state index is 0.854. The molecular weight excluding hydrogens is 188 g/mol. The summed E-state index contributed by atoms with van der Waals surface area (Å²) in [6, 6.07) is 7.92. The van der Waals surface area contributed by atoms with Gasteiger partial charge in [-0.1, -0.05) is 12.1 Å². The van der Waals surface area contributed by atoms with Crippen LogP contribution in [0.2, 0.25) is 0 Å². The molecule has 0 saturated heterocycles. The molecular formula is C12H14N2O. The average molecular weight is 202 g/mol. The minimum atomic E-state index is 0.854. The van der Waals surface area contributed by atoms with Crippen LogP contribution in [0.25, 0.3) is 11.3 Å². The van der Waals surface area contributed by atoms with Crippen LogP contribution in [-0.2, 0) is 0 Å². The molecule has 1 N–H and O–H groups in total. The van der Waals surface area contributed by atoms with Crippen LogP contribution in [0.3, 0.4) is 0 Å². The lowest BCUT2D eigenvalue weighted by molar-refractivity contribution is 0.415. The van der Waals surface area contributed by atoms with Crippen molar-refractivity contribution in [3.63, 3.8) is 0 Å². The van der Waals surface area contributed by atoms with E-state index in [9.17, 15) is 0 Å². The SMILES string of the molecule is COc1cccc(-c2nc(C)[nH]c2C)c1. The van der Waals surface area contributed by atoms with Crippen LogP contribution in [0.4, 0.5) is 0 Å². The van der Waals surface area contributed by atoms with Crippen molar-refractivity contribution >= 4 is 0 Å². The van der Waals surface area contributed by atoms with E-state index >= 15 is 0 Å². The summed E-state index contributed by atoms with van der Waals surface area (Å²) in [5.41, 5.74) is 3.16. The summed E-state index contributed by atoms with van der Waals surface area (Å²) in [5.74, 6) is 1.79. The van der Waals surface area contributed by atoms with Gasteiger partial charge >= 0.3 is 0 Å². The number of ether oxygens (including phenoxy) is 1. The summed E-state index contributed by atoms with van der Waals surface area (Å²) in [5, 5.41) is 0. The van der Waals surface area contributed by atoms with E-state index in [1.54, 1.807) is 7.11 Å². The second-order valence-corrected chi connectivity index (χ2v) is 3.53. The molecule has 3 heteroatoms. The molecule has 2 aromatic rings. The third-order valence-corrected chi connectivity index (χ3v) is 2.35. The highest BCUT2D eigenvalue weighted by Gasteiger charge is 2.07. The molecule has 0 amide bonds. The van der Waals surface area contributed by atoms with Gasteiger partial charge in [0.1, 0.15) is 11.6 Å². The maximum Gasteiger partial charge on any atom is 0.119 e. The molecule has 0 bridgehead atoms. The molecule has 3 nitrogen and oxygen atoms in total. The van der Waals surface area contributed by atoms with Crippen molar-refractivity contribution in [2.75, 3.05) is 7.11 Å². The Morgan fingerprint density at radius 3 is 2.67 bits per heavy atom. The number of aromatic nitrogens is 2. The standard InChI is InChI=1S/C12H14N2O/c1-8-12(14-9(2)13-8)10-5-4-6-11(7-10)15-3/h4-7H,1-3H3,(H,13,14). The summed E-state index contributed by atoms with van der Waals surface area (Å²) < 4.78 is 5.19. The molecule has 2 rings (SSSR count). The number of imidazole rings is 1. The first-order valence-electron chi connectivity index (χ1n) is 4.88. The van der Waals surface area contributed by atoms with Crippen LogP contribution in [0.1, 0.15) is 11.5 Å². The monoisotopic (exact) mass is 202 g/mol. The van der Waals surface area contributed by atoms with E-state index in [0.29, 0.717) is 0 Å². The molecule has 0 aliphatic rings. The van der Waals surface area contributed by atoms with E-state index in [4.69, 9.17) is 4.74 Å². The molecule has 0 aliphatic carbocycles. The summed E-state index contributed by atoms with van der Waals surface area (Å²) >= 11 is 0. The lowest BCUT2D eigenvalue weighted by atomic mass is 10.1. The number of nitrogens with one attached hydrogen (secondary N) is 1. The third kappa shape index (κ3) is 1.86. The zero-order chi connectivity index (χ0) is 10.8. The Bertz CT molecular complexity index is 474. The topological polar surface area (TPSA) is 37.9 Å². The second-order valence-electron chi connectivity index (χ2n) is 3.53. The second kappa shape index (κ2) is 3.77. The van der Waals surface area contributed by atoms with E-state index in [1.807, 2.05) is 38.1 Å². The Labute approximate surface area is 89.1 Å². The fraction of sp³-hybridized carbons (Fsp3) is 0.250. The molecule has 15 heavy (non-hydrogen) atoms. The molecule has 0 spiro atoms. The van der Waals surface area contributed by atoms with Crippen LogP contribution in [0.5, 0.6) is 5.75 Å². The minimum Gasteiger partial charge on any atom is -0.497 e. The van der Waals surface area contributed by atoms with Crippen molar-refractivity contribution in [1.29, 1.82) is 0 Å². The van der Waals surface area contributed by atoms with Crippen molar-refractivity contribution in [2.24, 2.45) is 0 Å². The van der Waals surface area contributed by atoms with E-state index in [2.05, 4.69) is 9.97 Å². The van der Waals surface area contributed by atoms with Crippen molar-refractivity contribution in [2.45, 2.75) is 13.8 Å². The Morgan fingerprint density at radius 2 is 2.07 bits per heavy atom. The van der Waals surface area contributed by atoms with Gasteiger partial charge in [-0.05, 0) is 26.0 Å². The van der Waals surface area contributed by atoms with Gasteiger partial charge < -0.3 is 9.72 Å². The van der Waals surface area contributed by atoms with Crippen molar-refractivity contribution in [1.82, 2.24) is 9.97 Å². The third-order valence-electron chi connectivity index (χ3n) is 2.35. The number of aromatic amines is 1. The Morgan fingerprint density at radius 1 is 1.27 bits per heavy atom. The smallest absolute Gasteiger partial charge is 0.119 e. The van der Waals surface area contributed by atoms with Gasteiger partial charge in [0, 0.05) is 11.3 Å². The number of H-pyrrole nitrogens is 1. The Balaban J connectivity index is 2.49. The fourth-order valence-corrected chi connectivity index (χ4v) is 1.66. The van der Waals surface area contributed by atoms with Gasteiger partial charge in [0.25, 0.3) is 0 Å². The Kier molecular flexibility index (Phi) is 2.46. The van der Waals surface area contributed by atoms with Crippen LogP contribution in [-0.4, -0.2) is 17.1 Å². The summed E-state index contributed by atoms with van der Waals surface area (Å²) in [6.45, 7) is 3.98. The molecule has 0 fully saturated rings. The molecule has 0 saturated carbocycles. The highest BCUT2D eigenvalue weighted by Crippen LogP contribution is 2.24. The summed E-state index contributed by atoms with van der Waals surface area (Å²) in [7, 11) is 1.67.